The fourth-order valence-corrected chi connectivity index (χ4v) is 2.23. The molecule has 1 fully saturated rings. The summed E-state index contributed by atoms with van der Waals surface area (Å²) in [6.07, 6.45) is 2.07. The molecule has 1 aliphatic rings. The minimum atomic E-state index is -0.909. The van der Waals surface area contributed by atoms with Crippen molar-refractivity contribution in [2.75, 3.05) is 13.2 Å². The Kier molecular flexibility index (Phi) is 3.87. The Morgan fingerprint density at radius 3 is 2.56 bits per heavy atom. The van der Waals surface area contributed by atoms with Crippen molar-refractivity contribution in [3.05, 3.63) is 28.8 Å². The Hall–Kier alpha value is -1.55. The van der Waals surface area contributed by atoms with Crippen molar-refractivity contribution in [2.45, 2.75) is 32.8 Å². The highest BCUT2D eigenvalue weighted by molar-refractivity contribution is 5.88. The first kappa shape index (κ1) is 12.9. The second kappa shape index (κ2) is 5.40. The Labute approximate surface area is 107 Å². The third kappa shape index (κ3) is 2.82. The summed E-state index contributed by atoms with van der Waals surface area (Å²) in [6, 6.07) is 3.29. The van der Waals surface area contributed by atoms with Gasteiger partial charge in [0.25, 0.3) is 0 Å². The third-order valence-corrected chi connectivity index (χ3v) is 3.11. The average Bonchev–Trinajstić information content (AvgIpc) is 2.34. The molecule has 1 unspecified atom stereocenters. The topological polar surface area (TPSA) is 55.8 Å². The summed E-state index contributed by atoms with van der Waals surface area (Å²) in [7, 11) is 0. The van der Waals surface area contributed by atoms with Gasteiger partial charge < -0.3 is 14.6 Å². The zero-order valence-electron chi connectivity index (χ0n) is 10.7. The molecule has 1 aliphatic heterocycles. The second-order valence-electron chi connectivity index (χ2n) is 4.70. The van der Waals surface area contributed by atoms with E-state index in [1.54, 1.807) is 12.1 Å². The van der Waals surface area contributed by atoms with Gasteiger partial charge in [0.1, 0.15) is 11.9 Å². The van der Waals surface area contributed by atoms with E-state index in [-0.39, 0.29) is 6.10 Å². The first-order valence-corrected chi connectivity index (χ1v) is 6.17. The monoisotopic (exact) mass is 250 g/mol. The largest absolute Gasteiger partial charge is 0.487 e. The number of carbonyl (C=O) groups is 1. The third-order valence-electron chi connectivity index (χ3n) is 3.11. The second-order valence-corrected chi connectivity index (χ2v) is 4.70. The summed E-state index contributed by atoms with van der Waals surface area (Å²) in [5.41, 5.74) is 2.02. The normalized spacial score (nSPS) is 19.6. The number of hydrogen-bond acceptors (Lipinski definition) is 3. The first-order chi connectivity index (χ1) is 8.58. The fourth-order valence-electron chi connectivity index (χ4n) is 2.23. The Balaban J connectivity index is 2.19. The van der Waals surface area contributed by atoms with Gasteiger partial charge in [-0.05, 0) is 49.9 Å². The van der Waals surface area contributed by atoms with Crippen LogP contribution >= 0.6 is 0 Å². The van der Waals surface area contributed by atoms with Crippen molar-refractivity contribution in [3.8, 4) is 5.75 Å². The molecule has 1 aromatic rings. The fraction of sp³-hybridized carbons (Fsp3) is 0.500. The maximum Gasteiger partial charge on any atom is 0.335 e. The number of benzene rings is 1. The van der Waals surface area contributed by atoms with Crippen LogP contribution in [0.5, 0.6) is 5.75 Å². The molecule has 0 aliphatic carbocycles. The maximum absolute atomic E-state index is 10.9. The standard InChI is InChI=1S/C14H18O4/c1-9-6-11(14(15)16)7-10(2)13(9)18-12-4-3-5-17-8-12/h6-7,12H,3-5,8H2,1-2H3,(H,15,16). The predicted molar refractivity (Wildman–Crippen MR) is 67.3 cm³/mol. The SMILES string of the molecule is Cc1cc(C(=O)O)cc(C)c1OC1CCCOC1. The lowest BCUT2D eigenvalue weighted by atomic mass is 10.1. The van der Waals surface area contributed by atoms with Crippen molar-refractivity contribution >= 4 is 5.97 Å². The lowest BCUT2D eigenvalue weighted by Gasteiger charge is -2.25. The van der Waals surface area contributed by atoms with E-state index in [4.69, 9.17) is 14.6 Å². The molecule has 98 valence electrons. The van der Waals surface area contributed by atoms with Gasteiger partial charge in [-0.1, -0.05) is 0 Å². The van der Waals surface area contributed by atoms with Crippen molar-refractivity contribution in [1.29, 1.82) is 0 Å². The highest BCUT2D eigenvalue weighted by Gasteiger charge is 2.18. The minimum Gasteiger partial charge on any atom is -0.487 e. The van der Waals surface area contributed by atoms with E-state index in [1.165, 1.54) is 0 Å². The number of carboxylic acids is 1. The molecule has 2 rings (SSSR count). The molecule has 1 saturated heterocycles. The zero-order chi connectivity index (χ0) is 13.1. The van der Waals surface area contributed by atoms with E-state index in [2.05, 4.69) is 0 Å². The van der Waals surface area contributed by atoms with Crippen molar-refractivity contribution in [1.82, 2.24) is 0 Å². The maximum atomic E-state index is 10.9. The van der Waals surface area contributed by atoms with Gasteiger partial charge in [0, 0.05) is 6.61 Å². The molecular formula is C14H18O4. The van der Waals surface area contributed by atoms with Gasteiger partial charge in [0.2, 0.25) is 0 Å². The van der Waals surface area contributed by atoms with Crippen LogP contribution in [0.25, 0.3) is 0 Å². The quantitative estimate of drug-likeness (QED) is 0.895. The molecule has 1 N–H and O–H groups in total. The van der Waals surface area contributed by atoms with Crippen LogP contribution in [-0.4, -0.2) is 30.4 Å². The van der Waals surface area contributed by atoms with E-state index >= 15 is 0 Å². The molecule has 18 heavy (non-hydrogen) atoms. The summed E-state index contributed by atoms with van der Waals surface area (Å²) < 4.78 is 11.3. The molecule has 1 atom stereocenters. The molecule has 0 bridgehead atoms. The highest BCUT2D eigenvalue weighted by Crippen LogP contribution is 2.27. The van der Waals surface area contributed by atoms with Crippen LogP contribution in [0.2, 0.25) is 0 Å². The van der Waals surface area contributed by atoms with Crippen molar-refractivity contribution in [3.63, 3.8) is 0 Å². The van der Waals surface area contributed by atoms with E-state index < -0.39 is 5.97 Å². The summed E-state index contributed by atoms with van der Waals surface area (Å²) in [5, 5.41) is 8.99. The number of carboxylic acid groups (broad SMARTS) is 1. The van der Waals surface area contributed by atoms with Gasteiger partial charge in [-0.3, -0.25) is 0 Å². The van der Waals surface area contributed by atoms with Gasteiger partial charge in [0.05, 0.1) is 12.2 Å². The average molecular weight is 250 g/mol. The van der Waals surface area contributed by atoms with E-state index in [9.17, 15) is 4.79 Å². The molecule has 0 spiro atoms. The molecule has 0 amide bonds. The minimum absolute atomic E-state index is 0.0758. The summed E-state index contributed by atoms with van der Waals surface area (Å²) in [5.74, 6) is -0.121. The number of hydrogen-bond donors (Lipinski definition) is 1. The van der Waals surface area contributed by atoms with Crippen LogP contribution in [0.15, 0.2) is 12.1 Å². The van der Waals surface area contributed by atoms with E-state index in [0.717, 1.165) is 36.3 Å². The number of ether oxygens (including phenoxy) is 2. The smallest absolute Gasteiger partial charge is 0.335 e. The Morgan fingerprint density at radius 2 is 2.06 bits per heavy atom. The van der Waals surface area contributed by atoms with Gasteiger partial charge in [-0.25, -0.2) is 4.79 Å². The van der Waals surface area contributed by atoms with Crippen molar-refractivity contribution < 1.29 is 19.4 Å². The van der Waals surface area contributed by atoms with Crippen LogP contribution in [-0.2, 0) is 4.74 Å². The van der Waals surface area contributed by atoms with E-state index in [0.29, 0.717) is 12.2 Å². The first-order valence-electron chi connectivity index (χ1n) is 6.17. The molecule has 0 radical (unpaired) electrons. The lowest BCUT2D eigenvalue weighted by molar-refractivity contribution is 0.00686. The molecule has 0 saturated carbocycles. The lowest BCUT2D eigenvalue weighted by Crippen LogP contribution is -2.28. The Bertz CT molecular complexity index is 424. The Morgan fingerprint density at radius 1 is 1.39 bits per heavy atom. The van der Waals surface area contributed by atoms with Gasteiger partial charge in [0.15, 0.2) is 0 Å². The molecular weight excluding hydrogens is 232 g/mol. The van der Waals surface area contributed by atoms with Gasteiger partial charge >= 0.3 is 5.97 Å². The van der Waals surface area contributed by atoms with Crippen molar-refractivity contribution in [2.24, 2.45) is 0 Å². The summed E-state index contributed by atoms with van der Waals surface area (Å²) in [6.45, 7) is 5.16. The number of aromatic carboxylic acids is 1. The van der Waals surface area contributed by atoms with Gasteiger partial charge in [-0.15, -0.1) is 0 Å². The summed E-state index contributed by atoms with van der Waals surface area (Å²) >= 11 is 0. The zero-order valence-corrected chi connectivity index (χ0v) is 10.7. The van der Waals surface area contributed by atoms with E-state index in [1.807, 2.05) is 13.8 Å². The number of rotatable bonds is 3. The summed E-state index contributed by atoms with van der Waals surface area (Å²) in [4.78, 5) is 10.9. The molecule has 4 heteroatoms. The highest BCUT2D eigenvalue weighted by atomic mass is 16.5. The van der Waals surface area contributed by atoms with Crippen LogP contribution in [0.1, 0.15) is 34.3 Å². The van der Waals surface area contributed by atoms with Crippen LogP contribution < -0.4 is 4.74 Å². The number of aryl methyl sites for hydroxylation is 2. The predicted octanol–water partition coefficient (Wildman–Crippen LogP) is 2.56. The molecule has 0 aromatic heterocycles. The molecule has 1 heterocycles. The van der Waals surface area contributed by atoms with Crippen LogP contribution in [0.3, 0.4) is 0 Å². The van der Waals surface area contributed by atoms with Crippen LogP contribution in [0, 0.1) is 13.8 Å². The van der Waals surface area contributed by atoms with Crippen LogP contribution in [0.4, 0.5) is 0 Å². The molecule has 1 aromatic carbocycles. The molecule has 4 nitrogen and oxygen atoms in total. The van der Waals surface area contributed by atoms with Gasteiger partial charge in [-0.2, -0.15) is 0 Å².